The van der Waals surface area contributed by atoms with Crippen molar-refractivity contribution in [1.29, 1.82) is 0 Å². The summed E-state index contributed by atoms with van der Waals surface area (Å²) in [7, 11) is 3.57. The summed E-state index contributed by atoms with van der Waals surface area (Å²) in [6.07, 6.45) is 2.91. The van der Waals surface area contributed by atoms with Gasteiger partial charge < -0.3 is 14.2 Å². The van der Waals surface area contributed by atoms with Crippen molar-refractivity contribution < 1.29 is 18.0 Å². The minimum Gasteiger partial charge on any atom is -0.415 e. The van der Waals surface area contributed by atoms with Gasteiger partial charge in [0.25, 0.3) is 5.89 Å². The molecule has 3 aromatic heterocycles. The molecular formula is C21H19F2N7O2. The van der Waals surface area contributed by atoms with Gasteiger partial charge in [-0.2, -0.15) is 13.9 Å². The minimum absolute atomic E-state index is 0.0163. The quantitative estimate of drug-likeness (QED) is 0.418. The topological polar surface area (TPSA) is 104 Å². The van der Waals surface area contributed by atoms with Crippen molar-refractivity contribution in [2.24, 2.45) is 0 Å². The van der Waals surface area contributed by atoms with E-state index in [4.69, 9.17) is 4.42 Å². The number of H-pyrrole nitrogens is 1. The van der Waals surface area contributed by atoms with E-state index in [2.05, 4.69) is 25.4 Å². The number of aromatic nitrogens is 5. The number of aromatic amines is 1. The van der Waals surface area contributed by atoms with Gasteiger partial charge in [0, 0.05) is 32.1 Å². The fourth-order valence-electron chi connectivity index (χ4n) is 3.19. The molecule has 0 radical (unpaired) electrons. The number of hydrogen-bond acceptors (Lipinski definition) is 7. The molecule has 1 amide bonds. The van der Waals surface area contributed by atoms with E-state index in [1.54, 1.807) is 31.6 Å². The summed E-state index contributed by atoms with van der Waals surface area (Å²) in [5.41, 5.74) is 4.56. The largest absolute Gasteiger partial charge is 0.415 e. The van der Waals surface area contributed by atoms with Crippen molar-refractivity contribution in [3.63, 3.8) is 0 Å². The molecular weight excluding hydrogens is 420 g/mol. The Balaban J connectivity index is 1.55. The Morgan fingerprint density at radius 1 is 1.06 bits per heavy atom. The Kier molecular flexibility index (Phi) is 5.88. The number of carbonyl (C=O) groups excluding carboxylic acids is 1. The van der Waals surface area contributed by atoms with Gasteiger partial charge in [-0.05, 0) is 29.8 Å². The van der Waals surface area contributed by atoms with Gasteiger partial charge in [-0.3, -0.25) is 14.9 Å². The third-order valence-electron chi connectivity index (χ3n) is 4.85. The van der Waals surface area contributed by atoms with Crippen LogP contribution in [-0.2, 0) is 11.3 Å². The molecule has 0 unspecified atom stereocenters. The number of nitrogens with zero attached hydrogens (tertiary/aromatic N) is 6. The number of rotatable bonds is 8. The SMILES string of the molecule is CN(C=O)c1cc(-c2cn[nH]c2)ccc1N(C)Cc1ccc(-c2nnc(C(F)F)o2)cn1. The molecule has 0 atom stereocenters. The van der Waals surface area contributed by atoms with Gasteiger partial charge in [0.1, 0.15) is 0 Å². The summed E-state index contributed by atoms with van der Waals surface area (Å²) in [6.45, 7) is 0.442. The monoisotopic (exact) mass is 439 g/mol. The number of nitrogens with one attached hydrogen (secondary N) is 1. The van der Waals surface area contributed by atoms with Gasteiger partial charge in [0.05, 0.1) is 35.4 Å². The summed E-state index contributed by atoms with van der Waals surface area (Å²) in [5, 5.41) is 13.7. The van der Waals surface area contributed by atoms with E-state index in [-0.39, 0.29) is 5.89 Å². The van der Waals surface area contributed by atoms with E-state index in [1.165, 1.54) is 11.1 Å². The first-order chi connectivity index (χ1) is 15.5. The molecule has 11 heteroatoms. The lowest BCUT2D eigenvalue weighted by molar-refractivity contribution is -0.107. The van der Waals surface area contributed by atoms with Gasteiger partial charge >= 0.3 is 6.43 Å². The first kappa shape index (κ1) is 21.1. The zero-order chi connectivity index (χ0) is 22.7. The highest BCUT2D eigenvalue weighted by Crippen LogP contribution is 2.33. The third-order valence-corrected chi connectivity index (χ3v) is 4.85. The van der Waals surface area contributed by atoms with E-state index in [0.717, 1.165) is 34.6 Å². The molecule has 0 saturated carbocycles. The molecule has 3 heterocycles. The Hall–Kier alpha value is -4.15. The molecule has 1 aromatic carbocycles. The van der Waals surface area contributed by atoms with Crippen LogP contribution in [0.1, 0.15) is 18.0 Å². The second-order valence-corrected chi connectivity index (χ2v) is 7.05. The van der Waals surface area contributed by atoms with E-state index in [1.807, 2.05) is 30.1 Å². The number of hydrogen-bond donors (Lipinski definition) is 1. The third kappa shape index (κ3) is 4.31. The van der Waals surface area contributed by atoms with Crippen molar-refractivity contribution in [3.05, 3.63) is 60.5 Å². The predicted octanol–water partition coefficient (Wildman–Crippen LogP) is 3.69. The van der Waals surface area contributed by atoms with Crippen LogP contribution < -0.4 is 9.80 Å². The molecule has 0 aliphatic carbocycles. The summed E-state index contributed by atoms with van der Waals surface area (Å²) >= 11 is 0. The number of benzene rings is 1. The van der Waals surface area contributed by atoms with Crippen molar-refractivity contribution in [1.82, 2.24) is 25.4 Å². The second kappa shape index (κ2) is 8.92. The normalized spacial score (nSPS) is 11.0. The molecule has 1 N–H and O–H groups in total. The maximum absolute atomic E-state index is 12.6. The maximum Gasteiger partial charge on any atom is 0.314 e. The Bertz CT molecular complexity index is 1190. The van der Waals surface area contributed by atoms with Crippen molar-refractivity contribution in [2.75, 3.05) is 23.9 Å². The average molecular weight is 439 g/mol. The standard InChI is InChI=1S/C21H19F2N7O2/c1-29(11-16-5-3-14(8-24-16)20-27-28-21(32-20)19(22)23)17-6-4-13(15-9-25-26-10-15)7-18(17)30(2)12-31/h3-10,12,19H,11H2,1-2H3,(H,25,26). The van der Waals surface area contributed by atoms with E-state index in [9.17, 15) is 13.6 Å². The van der Waals surface area contributed by atoms with Gasteiger partial charge in [0.15, 0.2) is 0 Å². The summed E-state index contributed by atoms with van der Waals surface area (Å²) < 4.78 is 30.2. The molecule has 0 aliphatic heterocycles. The first-order valence-electron chi connectivity index (χ1n) is 9.55. The molecule has 0 saturated heterocycles. The highest BCUT2D eigenvalue weighted by Gasteiger charge is 2.18. The molecule has 32 heavy (non-hydrogen) atoms. The highest BCUT2D eigenvalue weighted by molar-refractivity contribution is 5.86. The van der Waals surface area contributed by atoms with Gasteiger partial charge in [-0.15, -0.1) is 10.2 Å². The van der Waals surface area contributed by atoms with Gasteiger partial charge in [0.2, 0.25) is 12.3 Å². The summed E-state index contributed by atoms with van der Waals surface area (Å²) in [4.78, 5) is 19.3. The van der Waals surface area contributed by atoms with E-state index >= 15 is 0 Å². The van der Waals surface area contributed by atoms with Crippen LogP contribution in [-0.4, -0.2) is 45.9 Å². The van der Waals surface area contributed by atoms with E-state index < -0.39 is 12.3 Å². The fourth-order valence-corrected chi connectivity index (χ4v) is 3.19. The molecule has 164 valence electrons. The Labute approximate surface area is 181 Å². The Morgan fingerprint density at radius 2 is 1.88 bits per heavy atom. The number of amides is 1. The van der Waals surface area contributed by atoms with Crippen LogP contribution in [0.2, 0.25) is 0 Å². The van der Waals surface area contributed by atoms with Crippen molar-refractivity contribution >= 4 is 17.8 Å². The first-order valence-corrected chi connectivity index (χ1v) is 9.55. The summed E-state index contributed by atoms with van der Waals surface area (Å²) in [5.74, 6) is -0.744. The van der Waals surface area contributed by atoms with Crippen molar-refractivity contribution in [2.45, 2.75) is 13.0 Å². The number of halogens is 2. The van der Waals surface area contributed by atoms with E-state index in [0.29, 0.717) is 12.1 Å². The smallest absolute Gasteiger partial charge is 0.314 e. The number of pyridine rings is 1. The highest BCUT2D eigenvalue weighted by atomic mass is 19.3. The van der Waals surface area contributed by atoms with Crippen LogP contribution in [0.25, 0.3) is 22.6 Å². The predicted molar refractivity (Wildman–Crippen MR) is 113 cm³/mol. The zero-order valence-corrected chi connectivity index (χ0v) is 17.2. The van der Waals surface area contributed by atoms with Gasteiger partial charge in [-0.25, -0.2) is 0 Å². The van der Waals surface area contributed by atoms with Crippen molar-refractivity contribution in [3.8, 4) is 22.6 Å². The fraction of sp³-hybridized carbons (Fsp3) is 0.190. The van der Waals surface area contributed by atoms with Crippen LogP contribution in [0.15, 0.2) is 53.3 Å². The summed E-state index contributed by atoms with van der Waals surface area (Å²) in [6, 6.07) is 9.22. The number of carbonyl (C=O) groups is 1. The van der Waals surface area contributed by atoms with Crippen LogP contribution in [0.4, 0.5) is 20.2 Å². The molecule has 9 nitrogen and oxygen atoms in total. The maximum atomic E-state index is 12.6. The number of anilines is 2. The Morgan fingerprint density at radius 3 is 2.50 bits per heavy atom. The average Bonchev–Trinajstić information content (AvgIpc) is 3.51. The van der Waals surface area contributed by atoms with Crippen LogP contribution in [0.3, 0.4) is 0 Å². The molecule has 4 aromatic rings. The van der Waals surface area contributed by atoms with Crippen LogP contribution >= 0.6 is 0 Å². The molecule has 0 spiro atoms. The lowest BCUT2D eigenvalue weighted by Gasteiger charge is -2.25. The molecule has 0 aliphatic rings. The molecule has 0 fully saturated rings. The lowest BCUT2D eigenvalue weighted by atomic mass is 10.1. The van der Waals surface area contributed by atoms with Gasteiger partial charge in [-0.1, -0.05) is 6.07 Å². The minimum atomic E-state index is -2.82. The molecule has 4 rings (SSSR count). The van der Waals surface area contributed by atoms with Crippen LogP contribution in [0, 0.1) is 0 Å². The lowest BCUT2D eigenvalue weighted by Crippen LogP contribution is -2.22. The number of alkyl halides is 2. The second-order valence-electron chi connectivity index (χ2n) is 7.05. The zero-order valence-electron chi connectivity index (χ0n) is 17.2. The molecule has 0 bridgehead atoms. The van der Waals surface area contributed by atoms with Crippen LogP contribution in [0.5, 0.6) is 0 Å².